The summed E-state index contributed by atoms with van der Waals surface area (Å²) in [7, 11) is -3.34. The molecule has 1 saturated heterocycles. The van der Waals surface area contributed by atoms with Crippen LogP contribution in [0.5, 0.6) is 0 Å². The van der Waals surface area contributed by atoms with Gasteiger partial charge in [-0.2, -0.15) is 0 Å². The minimum absolute atomic E-state index is 0.0367. The molecule has 0 aliphatic carbocycles. The highest BCUT2D eigenvalue weighted by molar-refractivity contribution is 8.18. The number of halogens is 1. The molecule has 0 bridgehead atoms. The van der Waals surface area contributed by atoms with Gasteiger partial charge in [-0.1, -0.05) is 29.8 Å². The molecular formula is C18H13ClN2O6S2. The quantitative estimate of drug-likeness (QED) is 0.384. The molecule has 2 aromatic rings. The second-order valence-electron chi connectivity index (χ2n) is 6.15. The van der Waals surface area contributed by atoms with E-state index in [1.807, 2.05) is 0 Å². The minimum Gasteiger partial charge on any atom is -0.268 e. The van der Waals surface area contributed by atoms with Gasteiger partial charge in [0.05, 0.1) is 21.3 Å². The second-order valence-corrected chi connectivity index (χ2v) is 9.57. The number of nitro benzene ring substituents is 1. The Morgan fingerprint density at radius 2 is 1.83 bits per heavy atom. The predicted octanol–water partition coefficient (Wildman–Crippen LogP) is 3.89. The summed E-state index contributed by atoms with van der Waals surface area (Å²) in [6.07, 6.45) is 2.58. The molecule has 1 heterocycles. The van der Waals surface area contributed by atoms with Crippen molar-refractivity contribution in [2.75, 3.05) is 6.26 Å². The maximum atomic E-state index is 12.6. The first-order valence-electron chi connectivity index (χ1n) is 8.04. The lowest BCUT2D eigenvalue weighted by Crippen LogP contribution is -2.27. The number of carbonyl (C=O) groups is 2. The Morgan fingerprint density at radius 3 is 2.41 bits per heavy atom. The third-order valence-electron chi connectivity index (χ3n) is 4.03. The number of hydrogen-bond acceptors (Lipinski definition) is 7. The van der Waals surface area contributed by atoms with E-state index in [9.17, 15) is 28.1 Å². The Bertz CT molecular complexity index is 1160. The Kier molecular flexibility index (Phi) is 5.78. The van der Waals surface area contributed by atoms with Crippen LogP contribution in [0.25, 0.3) is 6.08 Å². The summed E-state index contributed by atoms with van der Waals surface area (Å²) >= 11 is 6.52. The van der Waals surface area contributed by atoms with Gasteiger partial charge in [0.15, 0.2) is 9.84 Å². The van der Waals surface area contributed by atoms with Gasteiger partial charge in [0.2, 0.25) is 0 Å². The van der Waals surface area contributed by atoms with Crippen molar-refractivity contribution in [2.24, 2.45) is 0 Å². The lowest BCUT2D eigenvalue weighted by molar-refractivity contribution is -0.384. The molecule has 0 unspecified atom stereocenters. The van der Waals surface area contributed by atoms with Crippen molar-refractivity contribution in [3.63, 3.8) is 0 Å². The van der Waals surface area contributed by atoms with Crippen LogP contribution >= 0.6 is 23.4 Å². The van der Waals surface area contributed by atoms with Gasteiger partial charge in [0, 0.05) is 12.3 Å². The summed E-state index contributed by atoms with van der Waals surface area (Å²) in [6.45, 7) is -0.132. The van der Waals surface area contributed by atoms with Crippen molar-refractivity contribution in [1.29, 1.82) is 0 Å². The fraction of sp³-hybridized carbons (Fsp3) is 0.111. The van der Waals surface area contributed by atoms with Gasteiger partial charge in [-0.15, -0.1) is 0 Å². The number of benzene rings is 2. The molecule has 0 radical (unpaired) electrons. The summed E-state index contributed by atoms with van der Waals surface area (Å²) in [4.78, 5) is 36.5. The van der Waals surface area contributed by atoms with Crippen LogP contribution in [0.3, 0.4) is 0 Å². The molecule has 29 heavy (non-hydrogen) atoms. The number of imide groups is 1. The average molecular weight is 453 g/mol. The van der Waals surface area contributed by atoms with E-state index in [0.717, 1.165) is 22.9 Å². The number of thioether (sulfide) groups is 1. The molecule has 0 aromatic heterocycles. The highest BCUT2D eigenvalue weighted by Crippen LogP contribution is 2.34. The number of carbonyl (C=O) groups excluding carboxylic acids is 2. The molecule has 150 valence electrons. The van der Waals surface area contributed by atoms with Gasteiger partial charge in [-0.05, 0) is 47.2 Å². The standard InChI is InChI=1S/C18H13ClN2O6S2/c1-29(26,27)13-5-2-11(3-6-13)9-16-17(22)20(18(23)28-16)10-12-4-7-14(19)15(8-12)21(24)25/h2-9H,10H2,1H3. The van der Waals surface area contributed by atoms with Crippen LogP contribution in [-0.2, 0) is 21.2 Å². The first kappa shape index (κ1) is 21.0. The van der Waals surface area contributed by atoms with E-state index in [1.165, 1.54) is 48.5 Å². The van der Waals surface area contributed by atoms with Crippen molar-refractivity contribution in [3.05, 3.63) is 73.6 Å². The largest absolute Gasteiger partial charge is 0.293 e. The van der Waals surface area contributed by atoms with Crippen LogP contribution in [0.15, 0.2) is 52.3 Å². The zero-order valence-electron chi connectivity index (χ0n) is 14.9. The van der Waals surface area contributed by atoms with E-state index < -0.39 is 25.9 Å². The summed E-state index contributed by atoms with van der Waals surface area (Å²) in [5, 5.41) is 10.5. The maximum Gasteiger partial charge on any atom is 0.293 e. The third-order valence-corrected chi connectivity index (χ3v) is 6.38. The molecule has 0 saturated carbocycles. The first-order chi connectivity index (χ1) is 13.6. The monoisotopic (exact) mass is 452 g/mol. The predicted molar refractivity (Wildman–Crippen MR) is 109 cm³/mol. The number of sulfone groups is 1. The molecule has 11 heteroatoms. The van der Waals surface area contributed by atoms with Crippen molar-refractivity contribution in [1.82, 2.24) is 4.90 Å². The zero-order chi connectivity index (χ0) is 21.3. The van der Waals surface area contributed by atoms with E-state index in [-0.39, 0.29) is 27.1 Å². The topological polar surface area (TPSA) is 115 Å². The Balaban J connectivity index is 1.82. The van der Waals surface area contributed by atoms with Gasteiger partial charge in [0.25, 0.3) is 16.8 Å². The molecule has 0 N–H and O–H groups in total. The zero-order valence-corrected chi connectivity index (χ0v) is 17.3. The highest BCUT2D eigenvalue weighted by atomic mass is 35.5. The van der Waals surface area contributed by atoms with Crippen molar-refractivity contribution >= 4 is 56.1 Å². The minimum atomic E-state index is -3.34. The lowest BCUT2D eigenvalue weighted by Gasteiger charge is -2.12. The highest BCUT2D eigenvalue weighted by Gasteiger charge is 2.35. The van der Waals surface area contributed by atoms with Gasteiger partial charge >= 0.3 is 0 Å². The molecular weight excluding hydrogens is 440 g/mol. The van der Waals surface area contributed by atoms with Crippen LogP contribution in [0.2, 0.25) is 5.02 Å². The van der Waals surface area contributed by atoms with Crippen LogP contribution < -0.4 is 0 Å². The van der Waals surface area contributed by atoms with Crippen LogP contribution in [0.4, 0.5) is 10.5 Å². The van der Waals surface area contributed by atoms with E-state index in [1.54, 1.807) is 0 Å². The maximum absolute atomic E-state index is 12.6. The molecule has 2 amide bonds. The van der Waals surface area contributed by atoms with Crippen LogP contribution in [0.1, 0.15) is 11.1 Å². The molecule has 8 nitrogen and oxygen atoms in total. The molecule has 0 atom stereocenters. The molecule has 2 aromatic carbocycles. The average Bonchev–Trinajstić information content (AvgIpc) is 2.90. The van der Waals surface area contributed by atoms with E-state index in [0.29, 0.717) is 11.1 Å². The number of hydrogen-bond donors (Lipinski definition) is 0. The smallest absolute Gasteiger partial charge is 0.268 e. The molecule has 3 rings (SSSR count). The Hall–Kier alpha value is -2.69. The normalized spacial score (nSPS) is 15.9. The van der Waals surface area contributed by atoms with Crippen molar-refractivity contribution in [2.45, 2.75) is 11.4 Å². The molecule has 1 fully saturated rings. The number of nitrogens with zero attached hydrogens (tertiary/aromatic N) is 2. The Morgan fingerprint density at radius 1 is 1.17 bits per heavy atom. The summed E-state index contributed by atoms with van der Waals surface area (Å²) < 4.78 is 23.0. The Labute approximate surface area is 175 Å². The number of nitro groups is 1. The molecule has 0 spiro atoms. The number of amides is 2. The van der Waals surface area contributed by atoms with Gasteiger partial charge in [-0.25, -0.2) is 8.42 Å². The van der Waals surface area contributed by atoms with E-state index >= 15 is 0 Å². The summed E-state index contributed by atoms with van der Waals surface area (Å²) in [5.74, 6) is -0.537. The fourth-order valence-electron chi connectivity index (χ4n) is 2.58. The first-order valence-corrected chi connectivity index (χ1v) is 11.1. The third kappa shape index (κ3) is 4.66. The molecule has 1 aliphatic rings. The van der Waals surface area contributed by atoms with Gasteiger partial charge in [0.1, 0.15) is 5.02 Å². The second kappa shape index (κ2) is 7.97. The van der Waals surface area contributed by atoms with Crippen molar-refractivity contribution in [3.8, 4) is 0 Å². The molecule has 1 aliphatic heterocycles. The SMILES string of the molecule is CS(=O)(=O)c1ccc(C=C2SC(=O)N(Cc3ccc(Cl)c([N+](=O)[O-])c3)C2=O)cc1. The summed E-state index contributed by atoms with van der Waals surface area (Å²) in [6, 6.07) is 9.97. The van der Waals surface area contributed by atoms with Crippen molar-refractivity contribution < 1.29 is 22.9 Å². The van der Waals surface area contributed by atoms with Gasteiger partial charge in [-0.3, -0.25) is 24.6 Å². The lowest BCUT2D eigenvalue weighted by atomic mass is 10.2. The fourth-order valence-corrected chi connectivity index (χ4v) is 4.23. The van der Waals surface area contributed by atoms with Crippen LogP contribution in [0, 0.1) is 10.1 Å². The van der Waals surface area contributed by atoms with E-state index in [4.69, 9.17) is 11.6 Å². The number of rotatable bonds is 5. The summed E-state index contributed by atoms with van der Waals surface area (Å²) in [5.41, 5.74) is 0.643. The van der Waals surface area contributed by atoms with E-state index in [2.05, 4.69) is 0 Å². The van der Waals surface area contributed by atoms with Gasteiger partial charge < -0.3 is 0 Å². The van der Waals surface area contributed by atoms with Crippen LogP contribution in [-0.4, -0.2) is 35.6 Å².